The van der Waals surface area contributed by atoms with Crippen LogP contribution in [-0.2, 0) is 9.53 Å². The summed E-state index contributed by atoms with van der Waals surface area (Å²) in [5.74, 6) is 0.481. The molecule has 1 rings (SSSR count). The Morgan fingerprint density at radius 2 is 2.11 bits per heavy atom. The Bertz CT molecular complexity index is 267. The van der Waals surface area contributed by atoms with Crippen LogP contribution in [0.1, 0.15) is 52.4 Å². The van der Waals surface area contributed by atoms with Gasteiger partial charge in [-0.1, -0.05) is 33.1 Å². The minimum absolute atomic E-state index is 0.191. The van der Waals surface area contributed by atoms with Gasteiger partial charge in [0.05, 0.1) is 5.54 Å². The van der Waals surface area contributed by atoms with Gasteiger partial charge in [0.15, 0.2) is 0 Å². The van der Waals surface area contributed by atoms with Crippen LogP contribution in [0.2, 0.25) is 0 Å². The number of carbonyl (C=O) groups is 1. The standard InChI is InChI=1S/C14H28N2O2/c1-3-11(4-2)10-18-9-7-12-6-5-8-14(12,16)13(15)17/h11-12H,3-10,16H2,1-2H3,(H2,15,17). The number of hydrogen-bond acceptors (Lipinski definition) is 3. The normalized spacial score (nSPS) is 27.9. The Morgan fingerprint density at radius 3 is 2.67 bits per heavy atom. The third-order valence-corrected chi connectivity index (χ3v) is 4.45. The summed E-state index contributed by atoms with van der Waals surface area (Å²) in [6.45, 7) is 5.88. The Hall–Kier alpha value is -0.610. The Morgan fingerprint density at radius 1 is 1.44 bits per heavy atom. The highest BCUT2D eigenvalue weighted by molar-refractivity contribution is 5.85. The first kappa shape index (κ1) is 15.4. The van der Waals surface area contributed by atoms with Gasteiger partial charge in [0.1, 0.15) is 0 Å². The fraction of sp³-hybridized carbons (Fsp3) is 0.929. The molecule has 2 unspecified atom stereocenters. The van der Waals surface area contributed by atoms with Crippen molar-refractivity contribution in [1.29, 1.82) is 0 Å². The zero-order valence-electron chi connectivity index (χ0n) is 11.8. The van der Waals surface area contributed by atoms with Gasteiger partial charge in [0.25, 0.3) is 0 Å². The number of amides is 1. The lowest BCUT2D eigenvalue weighted by atomic mass is 9.85. The Balaban J connectivity index is 2.29. The number of hydrogen-bond donors (Lipinski definition) is 2. The zero-order valence-corrected chi connectivity index (χ0v) is 11.8. The lowest BCUT2D eigenvalue weighted by molar-refractivity contribution is -0.124. The third-order valence-electron chi connectivity index (χ3n) is 4.45. The van der Waals surface area contributed by atoms with Crippen LogP contribution >= 0.6 is 0 Å². The molecule has 4 N–H and O–H groups in total. The first-order valence-electron chi connectivity index (χ1n) is 7.21. The minimum Gasteiger partial charge on any atom is -0.381 e. The number of carbonyl (C=O) groups excluding carboxylic acids is 1. The molecule has 1 saturated carbocycles. The lowest BCUT2D eigenvalue weighted by Gasteiger charge is -2.28. The van der Waals surface area contributed by atoms with Gasteiger partial charge in [-0.3, -0.25) is 4.79 Å². The van der Waals surface area contributed by atoms with Crippen LogP contribution in [0.4, 0.5) is 0 Å². The number of rotatable bonds is 8. The van der Waals surface area contributed by atoms with Crippen molar-refractivity contribution in [3.63, 3.8) is 0 Å². The second kappa shape index (κ2) is 7.10. The van der Waals surface area contributed by atoms with E-state index in [9.17, 15) is 4.79 Å². The molecule has 0 aromatic carbocycles. The van der Waals surface area contributed by atoms with E-state index in [2.05, 4.69) is 13.8 Å². The van der Waals surface area contributed by atoms with Gasteiger partial charge in [0, 0.05) is 13.2 Å². The van der Waals surface area contributed by atoms with Crippen LogP contribution in [0.15, 0.2) is 0 Å². The van der Waals surface area contributed by atoms with E-state index in [4.69, 9.17) is 16.2 Å². The van der Waals surface area contributed by atoms with E-state index < -0.39 is 5.54 Å². The number of nitrogens with two attached hydrogens (primary N) is 2. The average Bonchev–Trinajstić information content (AvgIpc) is 2.73. The first-order chi connectivity index (χ1) is 8.54. The monoisotopic (exact) mass is 256 g/mol. The van der Waals surface area contributed by atoms with Crippen molar-refractivity contribution < 1.29 is 9.53 Å². The van der Waals surface area contributed by atoms with Crippen LogP contribution in [0, 0.1) is 11.8 Å². The van der Waals surface area contributed by atoms with E-state index in [1.165, 1.54) is 0 Å². The van der Waals surface area contributed by atoms with E-state index in [1.54, 1.807) is 0 Å². The highest BCUT2D eigenvalue weighted by Gasteiger charge is 2.43. The molecule has 4 nitrogen and oxygen atoms in total. The number of ether oxygens (including phenoxy) is 1. The molecule has 0 aliphatic heterocycles. The van der Waals surface area contributed by atoms with Gasteiger partial charge in [0.2, 0.25) is 5.91 Å². The molecule has 106 valence electrons. The summed E-state index contributed by atoms with van der Waals surface area (Å²) >= 11 is 0. The summed E-state index contributed by atoms with van der Waals surface area (Å²) in [5.41, 5.74) is 10.7. The molecule has 1 fully saturated rings. The first-order valence-corrected chi connectivity index (χ1v) is 7.21. The van der Waals surface area contributed by atoms with Gasteiger partial charge in [-0.2, -0.15) is 0 Å². The van der Waals surface area contributed by atoms with Crippen molar-refractivity contribution >= 4 is 5.91 Å². The molecular formula is C14H28N2O2. The van der Waals surface area contributed by atoms with Crippen molar-refractivity contribution in [2.75, 3.05) is 13.2 Å². The van der Waals surface area contributed by atoms with Gasteiger partial charge < -0.3 is 16.2 Å². The highest BCUT2D eigenvalue weighted by Crippen LogP contribution is 2.35. The van der Waals surface area contributed by atoms with Gasteiger partial charge in [-0.05, 0) is 31.1 Å². The summed E-state index contributed by atoms with van der Waals surface area (Å²) in [7, 11) is 0. The molecule has 0 radical (unpaired) electrons. The molecular weight excluding hydrogens is 228 g/mol. The largest absolute Gasteiger partial charge is 0.381 e. The smallest absolute Gasteiger partial charge is 0.237 e. The molecule has 0 heterocycles. The summed E-state index contributed by atoms with van der Waals surface area (Å²) in [6.07, 6.45) is 5.87. The summed E-state index contributed by atoms with van der Waals surface area (Å²) in [4.78, 5) is 11.4. The maximum absolute atomic E-state index is 11.4. The third kappa shape index (κ3) is 3.69. The molecule has 0 aromatic rings. The maximum atomic E-state index is 11.4. The van der Waals surface area contributed by atoms with Crippen LogP contribution < -0.4 is 11.5 Å². The predicted octanol–water partition coefficient (Wildman–Crippen LogP) is 1.81. The second-order valence-electron chi connectivity index (χ2n) is 5.54. The lowest BCUT2D eigenvalue weighted by Crippen LogP contribution is -2.54. The second-order valence-corrected chi connectivity index (χ2v) is 5.54. The number of primary amides is 1. The van der Waals surface area contributed by atoms with Gasteiger partial charge in [-0.25, -0.2) is 0 Å². The van der Waals surface area contributed by atoms with Crippen LogP contribution in [0.5, 0.6) is 0 Å². The van der Waals surface area contributed by atoms with Crippen LogP contribution in [-0.4, -0.2) is 24.7 Å². The molecule has 4 heteroatoms. The summed E-state index contributed by atoms with van der Waals surface area (Å²) in [5, 5.41) is 0. The average molecular weight is 256 g/mol. The molecule has 0 saturated heterocycles. The maximum Gasteiger partial charge on any atom is 0.237 e. The summed E-state index contributed by atoms with van der Waals surface area (Å²) < 4.78 is 5.70. The van der Waals surface area contributed by atoms with Crippen molar-refractivity contribution in [2.45, 2.75) is 57.9 Å². The SMILES string of the molecule is CCC(CC)COCCC1CCCC1(N)C(N)=O. The molecule has 2 atom stereocenters. The Labute approximate surface area is 110 Å². The minimum atomic E-state index is -0.793. The van der Waals surface area contributed by atoms with E-state index >= 15 is 0 Å². The summed E-state index contributed by atoms with van der Waals surface area (Å²) in [6, 6.07) is 0. The quantitative estimate of drug-likeness (QED) is 0.650. The molecule has 0 spiro atoms. The van der Waals surface area contributed by atoms with Gasteiger partial charge >= 0.3 is 0 Å². The Kier molecular flexibility index (Phi) is 6.09. The topological polar surface area (TPSA) is 78.3 Å². The van der Waals surface area contributed by atoms with Crippen molar-refractivity contribution in [3.05, 3.63) is 0 Å². The van der Waals surface area contributed by atoms with Crippen LogP contribution in [0.25, 0.3) is 0 Å². The van der Waals surface area contributed by atoms with Crippen molar-refractivity contribution in [3.8, 4) is 0 Å². The highest BCUT2D eigenvalue weighted by atomic mass is 16.5. The van der Waals surface area contributed by atoms with E-state index in [0.29, 0.717) is 12.5 Å². The fourth-order valence-corrected chi connectivity index (χ4v) is 2.83. The molecule has 1 amide bonds. The fourth-order valence-electron chi connectivity index (χ4n) is 2.83. The van der Waals surface area contributed by atoms with Crippen molar-refractivity contribution in [2.24, 2.45) is 23.3 Å². The molecule has 0 bridgehead atoms. The van der Waals surface area contributed by atoms with E-state index in [-0.39, 0.29) is 11.8 Å². The van der Waals surface area contributed by atoms with Crippen molar-refractivity contribution in [1.82, 2.24) is 0 Å². The predicted molar refractivity (Wildman–Crippen MR) is 73.0 cm³/mol. The molecule has 1 aliphatic carbocycles. The molecule has 0 aromatic heterocycles. The van der Waals surface area contributed by atoms with Gasteiger partial charge in [-0.15, -0.1) is 0 Å². The zero-order chi connectivity index (χ0) is 13.6. The van der Waals surface area contributed by atoms with E-state index in [1.807, 2.05) is 0 Å². The molecule has 1 aliphatic rings. The molecule has 18 heavy (non-hydrogen) atoms. The van der Waals surface area contributed by atoms with E-state index in [0.717, 1.165) is 45.1 Å². The van der Waals surface area contributed by atoms with Crippen LogP contribution in [0.3, 0.4) is 0 Å².